The van der Waals surface area contributed by atoms with E-state index in [9.17, 15) is 9.59 Å². The van der Waals surface area contributed by atoms with E-state index < -0.39 is 0 Å². The fourth-order valence-corrected chi connectivity index (χ4v) is 1.51. The van der Waals surface area contributed by atoms with E-state index in [1.807, 2.05) is 0 Å². The van der Waals surface area contributed by atoms with E-state index >= 15 is 0 Å². The van der Waals surface area contributed by atoms with Gasteiger partial charge in [0.05, 0.1) is 12.8 Å². The van der Waals surface area contributed by atoms with Crippen molar-refractivity contribution in [3.63, 3.8) is 0 Å². The second-order valence-corrected chi connectivity index (χ2v) is 4.06. The molecule has 1 aromatic rings. The maximum absolute atomic E-state index is 11.6. The summed E-state index contributed by atoms with van der Waals surface area (Å²) < 4.78 is 5.10. The molecular formula is C12H15ClN2O3. The average Bonchev–Trinajstić information content (AvgIpc) is 2.28. The third-order valence-electron chi connectivity index (χ3n) is 2.16. The molecule has 0 aromatic heterocycles. The van der Waals surface area contributed by atoms with Gasteiger partial charge in [-0.1, -0.05) is 11.6 Å². The lowest BCUT2D eigenvalue weighted by atomic mass is 10.2. The highest BCUT2D eigenvalue weighted by atomic mass is 35.5. The largest absolute Gasteiger partial charge is 0.495 e. The van der Waals surface area contributed by atoms with Crippen molar-refractivity contribution in [2.45, 2.75) is 13.3 Å². The molecule has 98 valence electrons. The molecule has 0 heterocycles. The smallest absolute Gasteiger partial charge is 0.226 e. The Morgan fingerprint density at radius 3 is 2.72 bits per heavy atom. The van der Waals surface area contributed by atoms with Gasteiger partial charge in [0.15, 0.2) is 0 Å². The average molecular weight is 271 g/mol. The van der Waals surface area contributed by atoms with Gasteiger partial charge in [-0.05, 0) is 18.2 Å². The number of methoxy groups -OCH3 is 1. The molecule has 0 saturated heterocycles. The highest BCUT2D eigenvalue weighted by molar-refractivity contribution is 6.31. The van der Waals surface area contributed by atoms with Crippen molar-refractivity contribution in [2.75, 3.05) is 19.0 Å². The van der Waals surface area contributed by atoms with E-state index in [1.54, 1.807) is 18.2 Å². The Bertz CT molecular complexity index is 449. The van der Waals surface area contributed by atoms with Gasteiger partial charge < -0.3 is 15.4 Å². The summed E-state index contributed by atoms with van der Waals surface area (Å²) in [5.41, 5.74) is 0.512. The van der Waals surface area contributed by atoms with Crippen LogP contribution in [0.5, 0.6) is 5.75 Å². The number of anilines is 1. The first kappa shape index (κ1) is 14.3. The second-order valence-electron chi connectivity index (χ2n) is 3.63. The van der Waals surface area contributed by atoms with Crippen LogP contribution in [-0.2, 0) is 9.59 Å². The summed E-state index contributed by atoms with van der Waals surface area (Å²) in [4.78, 5) is 22.3. The number of amides is 2. The minimum absolute atomic E-state index is 0.164. The van der Waals surface area contributed by atoms with E-state index in [1.165, 1.54) is 14.0 Å². The van der Waals surface area contributed by atoms with Gasteiger partial charge in [0.1, 0.15) is 5.75 Å². The molecule has 0 atom stereocenters. The summed E-state index contributed by atoms with van der Waals surface area (Å²) in [6.07, 6.45) is 0.190. The monoisotopic (exact) mass is 270 g/mol. The Hall–Kier alpha value is -1.75. The van der Waals surface area contributed by atoms with Crippen molar-refractivity contribution < 1.29 is 14.3 Å². The third kappa shape index (κ3) is 4.63. The quantitative estimate of drug-likeness (QED) is 0.857. The minimum Gasteiger partial charge on any atom is -0.495 e. The number of ether oxygens (including phenoxy) is 1. The number of rotatable bonds is 5. The van der Waals surface area contributed by atoms with Gasteiger partial charge in [-0.2, -0.15) is 0 Å². The summed E-state index contributed by atoms with van der Waals surface area (Å²) >= 11 is 5.84. The molecule has 0 aliphatic heterocycles. The zero-order chi connectivity index (χ0) is 13.5. The number of carbonyl (C=O) groups excluding carboxylic acids is 2. The molecule has 0 fully saturated rings. The summed E-state index contributed by atoms with van der Waals surface area (Å²) in [5, 5.41) is 5.73. The van der Waals surface area contributed by atoms with Crippen molar-refractivity contribution in [1.29, 1.82) is 0 Å². The maximum Gasteiger partial charge on any atom is 0.226 e. The normalized spacial score (nSPS) is 9.72. The Labute approximate surface area is 110 Å². The standard InChI is InChI=1S/C12H15ClN2O3/c1-8(16)14-6-5-12(17)15-10-7-9(13)3-4-11(10)18-2/h3-4,7H,5-6H2,1-2H3,(H,14,16)(H,15,17). The van der Waals surface area contributed by atoms with Crippen molar-refractivity contribution in [3.05, 3.63) is 23.2 Å². The maximum atomic E-state index is 11.6. The number of carbonyl (C=O) groups is 2. The lowest BCUT2D eigenvalue weighted by Crippen LogP contribution is -2.25. The van der Waals surface area contributed by atoms with Gasteiger partial charge >= 0.3 is 0 Å². The second kappa shape index (κ2) is 6.86. The molecule has 0 bridgehead atoms. The van der Waals surface area contributed by atoms with Crippen LogP contribution in [0, 0.1) is 0 Å². The number of benzene rings is 1. The fourth-order valence-electron chi connectivity index (χ4n) is 1.34. The highest BCUT2D eigenvalue weighted by Crippen LogP contribution is 2.27. The molecule has 0 saturated carbocycles. The molecule has 0 spiro atoms. The molecule has 0 aliphatic carbocycles. The predicted molar refractivity (Wildman–Crippen MR) is 69.9 cm³/mol. The van der Waals surface area contributed by atoms with Crippen molar-refractivity contribution in [3.8, 4) is 5.75 Å². The van der Waals surface area contributed by atoms with Crippen LogP contribution in [0.1, 0.15) is 13.3 Å². The lowest BCUT2D eigenvalue weighted by Gasteiger charge is -2.10. The minimum atomic E-state index is -0.218. The Morgan fingerprint density at radius 1 is 1.39 bits per heavy atom. The Kier molecular flexibility index (Phi) is 5.45. The molecular weight excluding hydrogens is 256 g/mol. The number of hydrogen-bond acceptors (Lipinski definition) is 3. The van der Waals surface area contributed by atoms with Crippen molar-refractivity contribution in [1.82, 2.24) is 5.32 Å². The van der Waals surface area contributed by atoms with Gasteiger partial charge in [-0.15, -0.1) is 0 Å². The molecule has 2 amide bonds. The van der Waals surface area contributed by atoms with E-state index in [-0.39, 0.29) is 18.2 Å². The van der Waals surface area contributed by atoms with E-state index in [2.05, 4.69) is 10.6 Å². The Balaban J connectivity index is 2.58. The first-order chi connectivity index (χ1) is 8.52. The van der Waals surface area contributed by atoms with Gasteiger partial charge in [-0.25, -0.2) is 0 Å². The van der Waals surface area contributed by atoms with Gasteiger partial charge in [0.25, 0.3) is 0 Å². The fraction of sp³-hybridized carbons (Fsp3) is 0.333. The molecule has 2 N–H and O–H groups in total. The van der Waals surface area contributed by atoms with Crippen LogP contribution < -0.4 is 15.4 Å². The van der Waals surface area contributed by atoms with Crippen LogP contribution in [0.4, 0.5) is 5.69 Å². The molecule has 0 radical (unpaired) electrons. The van der Waals surface area contributed by atoms with Crippen LogP contribution in [0.3, 0.4) is 0 Å². The van der Waals surface area contributed by atoms with Crippen molar-refractivity contribution in [2.24, 2.45) is 0 Å². The lowest BCUT2D eigenvalue weighted by molar-refractivity contribution is -0.119. The van der Waals surface area contributed by atoms with E-state index in [4.69, 9.17) is 16.3 Å². The summed E-state index contributed by atoms with van der Waals surface area (Å²) in [5.74, 6) is 0.153. The van der Waals surface area contributed by atoms with Crippen LogP contribution in [0.2, 0.25) is 5.02 Å². The van der Waals surface area contributed by atoms with E-state index in [0.29, 0.717) is 23.0 Å². The van der Waals surface area contributed by atoms with E-state index in [0.717, 1.165) is 0 Å². The van der Waals surface area contributed by atoms with Crippen molar-refractivity contribution >= 4 is 29.1 Å². The summed E-state index contributed by atoms with van der Waals surface area (Å²) in [7, 11) is 1.51. The van der Waals surface area contributed by atoms with Crippen LogP contribution in [-0.4, -0.2) is 25.5 Å². The van der Waals surface area contributed by atoms with Crippen LogP contribution in [0.15, 0.2) is 18.2 Å². The number of hydrogen-bond donors (Lipinski definition) is 2. The summed E-state index contributed by atoms with van der Waals surface area (Å²) in [6.45, 7) is 1.70. The topological polar surface area (TPSA) is 67.4 Å². The molecule has 0 unspecified atom stereocenters. The van der Waals surface area contributed by atoms with Gasteiger partial charge in [0, 0.05) is 24.9 Å². The summed E-state index contributed by atoms with van der Waals surface area (Å²) in [6, 6.07) is 4.95. The SMILES string of the molecule is COc1ccc(Cl)cc1NC(=O)CCNC(C)=O. The molecule has 0 aliphatic rings. The number of halogens is 1. The highest BCUT2D eigenvalue weighted by Gasteiger charge is 2.08. The molecule has 18 heavy (non-hydrogen) atoms. The zero-order valence-corrected chi connectivity index (χ0v) is 11.0. The zero-order valence-electron chi connectivity index (χ0n) is 10.2. The van der Waals surface area contributed by atoms with Gasteiger partial charge in [0.2, 0.25) is 11.8 Å². The third-order valence-corrected chi connectivity index (χ3v) is 2.40. The first-order valence-corrected chi connectivity index (χ1v) is 5.78. The molecule has 1 aromatic carbocycles. The molecule has 5 nitrogen and oxygen atoms in total. The number of nitrogens with one attached hydrogen (secondary N) is 2. The Morgan fingerprint density at radius 2 is 2.11 bits per heavy atom. The van der Waals surface area contributed by atoms with Gasteiger partial charge in [-0.3, -0.25) is 9.59 Å². The first-order valence-electron chi connectivity index (χ1n) is 5.40. The van der Waals surface area contributed by atoms with Crippen LogP contribution in [0.25, 0.3) is 0 Å². The molecule has 6 heteroatoms. The van der Waals surface area contributed by atoms with Crippen LogP contribution >= 0.6 is 11.6 Å². The molecule has 1 rings (SSSR count). The predicted octanol–water partition coefficient (Wildman–Crippen LogP) is 1.81.